The molecule has 2 heterocycles. The topological polar surface area (TPSA) is 135 Å². The lowest BCUT2D eigenvalue weighted by Crippen LogP contribution is -2.58. The molecule has 0 unspecified atom stereocenters. The molecule has 20 heavy (non-hydrogen) atoms. The number of anilines is 2. The zero-order valence-electron chi connectivity index (χ0n) is 11.5. The van der Waals surface area contributed by atoms with E-state index >= 15 is 0 Å². The Morgan fingerprint density at radius 3 is 2.35 bits per heavy atom. The predicted octanol–water partition coefficient (Wildman–Crippen LogP) is -4.40. The highest BCUT2D eigenvalue weighted by Crippen LogP contribution is 2.27. The van der Waals surface area contributed by atoms with Crippen LogP contribution in [-0.2, 0) is 11.9 Å². The van der Waals surface area contributed by atoms with Crippen LogP contribution in [0.3, 0.4) is 0 Å². The first-order valence-corrected chi connectivity index (χ1v) is 6.60. The summed E-state index contributed by atoms with van der Waals surface area (Å²) in [6.07, 6.45) is 1.74. The fourth-order valence-electron chi connectivity index (χ4n) is 1.79. The van der Waals surface area contributed by atoms with Gasteiger partial charge in [-0.25, -0.2) is 4.98 Å². The van der Waals surface area contributed by atoms with Crippen molar-refractivity contribution in [3.63, 3.8) is 0 Å². The minimum Gasteiger partial charge on any atom is -0.397 e. The highest BCUT2D eigenvalue weighted by molar-refractivity contribution is 5.70. The van der Waals surface area contributed by atoms with Crippen molar-refractivity contribution in [2.75, 3.05) is 37.7 Å². The summed E-state index contributed by atoms with van der Waals surface area (Å²) in [6.45, 7) is 0.818. The Morgan fingerprint density at radius 2 is 1.85 bits per heavy atom. The second kappa shape index (κ2) is 6.24. The summed E-state index contributed by atoms with van der Waals surface area (Å²) in [6, 6.07) is 0. The predicted molar refractivity (Wildman–Crippen MR) is 59.7 cm³/mol. The zero-order valence-corrected chi connectivity index (χ0v) is 12.2. The molecule has 0 saturated heterocycles. The van der Waals surface area contributed by atoms with Crippen molar-refractivity contribution in [3.8, 4) is 0 Å². The molecule has 0 atom stereocenters. The third kappa shape index (κ3) is 4.21. The molecule has 0 aromatic carbocycles. The van der Waals surface area contributed by atoms with E-state index in [4.69, 9.17) is 23.5 Å². The van der Waals surface area contributed by atoms with Gasteiger partial charge in [-0.1, -0.05) is 5.16 Å². The normalized spacial score (nSPS) is 14.9. The fraction of sp³-hybridized carbons (Fsp3) is 0.556. The number of aromatic nitrogens is 2. The van der Waals surface area contributed by atoms with Gasteiger partial charge in [0, 0.05) is 21.1 Å². The monoisotopic (exact) mass is 309 g/mol. The molecule has 0 amide bonds. The number of fused-ring (bicyclic) bond motifs is 1. The average Bonchev–Trinajstić information content (AvgIpc) is 2.56. The molecular formula is C9H16ClN5O5. The third-order valence-electron chi connectivity index (χ3n) is 2.46. The van der Waals surface area contributed by atoms with E-state index in [1.54, 1.807) is 13.4 Å². The number of nitrogens with zero attached hydrogens (tertiary/aromatic N) is 5. The van der Waals surface area contributed by atoms with Gasteiger partial charge in [-0.3, -0.25) is 0 Å². The molecule has 114 valence electrons. The molecule has 0 bridgehead atoms. The molecule has 1 aromatic heterocycles. The Kier molecular flexibility index (Phi) is 5.14. The second-order valence-corrected chi connectivity index (χ2v) is 4.85. The molecule has 0 saturated carbocycles. The molecule has 0 spiro atoms. The summed E-state index contributed by atoms with van der Waals surface area (Å²) >= 11 is 0. The van der Waals surface area contributed by atoms with Gasteiger partial charge in [0.25, 0.3) is 0 Å². The first-order chi connectivity index (χ1) is 9.15. The van der Waals surface area contributed by atoms with E-state index in [-0.39, 0.29) is 0 Å². The molecule has 1 aliphatic heterocycles. The first-order valence-electron chi connectivity index (χ1n) is 5.33. The van der Waals surface area contributed by atoms with Gasteiger partial charge in [0.15, 0.2) is 5.82 Å². The van der Waals surface area contributed by atoms with E-state index < -0.39 is 10.2 Å². The van der Waals surface area contributed by atoms with Gasteiger partial charge in [0.05, 0.1) is 27.9 Å². The quantitative estimate of drug-likeness (QED) is 0.514. The van der Waals surface area contributed by atoms with Crippen molar-refractivity contribution in [2.24, 2.45) is 12.2 Å². The third-order valence-corrected chi connectivity index (χ3v) is 2.46. The minimum absolute atomic E-state index is 0.786. The van der Waals surface area contributed by atoms with Gasteiger partial charge in [-0.05, 0) is 0 Å². The van der Waals surface area contributed by atoms with Crippen LogP contribution in [-0.4, -0.2) is 42.1 Å². The highest BCUT2D eigenvalue weighted by atomic mass is 35.7. The molecule has 0 fully saturated rings. The van der Waals surface area contributed by atoms with Gasteiger partial charge >= 0.3 is 0 Å². The average molecular weight is 310 g/mol. The molecule has 2 rings (SSSR count). The number of hydrogen-bond acceptors (Lipinski definition) is 9. The van der Waals surface area contributed by atoms with Crippen LogP contribution in [0.15, 0.2) is 11.5 Å². The van der Waals surface area contributed by atoms with Crippen LogP contribution in [0.2, 0.25) is 0 Å². The lowest BCUT2D eigenvalue weighted by molar-refractivity contribution is -1.92. The summed E-state index contributed by atoms with van der Waals surface area (Å²) in [5.41, 5.74) is 1.79. The van der Waals surface area contributed by atoms with Crippen LogP contribution in [0, 0.1) is 10.2 Å². The maximum atomic E-state index is 8.60. The summed E-state index contributed by atoms with van der Waals surface area (Å²) < 4.78 is 34.6. The van der Waals surface area contributed by atoms with Crippen molar-refractivity contribution in [3.05, 3.63) is 11.8 Å². The Labute approximate surface area is 117 Å². The van der Waals surface area contributed by atoms with Crippen molar-refractivity contribution in [1.29, 1.82) is 0 Å². The van der Waals surface area contributed by atoms with Gasteiger partial charge < -0.3 is 19.2 Å². The van der Waals surface area contributed by atoms with Crippen molar-refractivity contribution < 1.29 is 33.7 Å². The molecule has 10 nitrogen and oxygen atoms in total. The summed E-state index contributed by atoms with van der Waals surface area (Å²) in [5, 5.41) is 4.02. The fourth-order valence-corrected chi connectivity index (χ4v) is 1.79. The van der Waals surface area contributed by atoms with E-state index in [0.29, 0.717) is 0 Å². The van der Waals surface area contributed by atoms with E-state index in [9.17, 15) is 0 Å². The van der Waals surface area contributed by atoms with Crippen molar-refractivity contribution in [2.45, 2.75) is 0 Å². The van der Waals surface area contributed by atoms with Crippen LogP contribution in [0.4, 0.5) is 11.5 Å². The lowest BCUT2D eigenvalue weighted by Gasteiger charge is -2.11. The van der Waals surface area contributed by atoms with Crippen LogP contribution >= 0.6 is 0 Å². The minimum atomic E-state index is -4.69. The van der Waals surface area contributed by atoms with Gasteiger partial charge in [0.2, 0.25) is 5.49 Å². The van der Waals surface area contributed by atoms with Crippen LogP contribution < -0.4 is 29.3 Å². The molecule has 1 aromatic rings. The van der Waals surface area contributed by atoms with Crippen LogP contribution in [0.1, 0.15) is 0 Å². The Balaban J connectivity index is 0.000000347. The van der Waals surface area contributed by atoms with E-state index in [1.165, 1.54) is 0 Å². The molecule has 0 aliphatic carbocycles. The van der Waals surface area contributed by atoms with E-state index in [1.807, 2.05) is 25.7 Å². The Hall–Kier alpha value is -1.59. The Bertz CT molecular complexity index is 522. The largest absolute Gasteiger partial charge is 0.397 e. The van der Waals surface area contributed by atoms with Crippen LogP contribution in [0.25, 0.3) is 0 Å². The molecule has 0 radical (unpaired) electrons. The van der Waals surface area contributed by atoms with Gasteiger partial charge in [0.1, 0.15) is 12.8 Å². The lowest BCUT2D eigenvalue weighted by atomic mass is 10.4. The van der Waals surface area contributed by atoms with E-state index in [0.717, 1.165) is 23.7 Å². The van der Waals surface area contributed by atoms with Gasteiger partial charge in [-0.15, -0.1) is 0 Å². The summed E-state index contributed by atoms with van der Waals surface area (Å²) in [7, 11) is 2.77. The molecular weight excluding hydrogens is 294 g/mol. The Morgan fingerprint density at radius 1 is 1.30 bits per heavy atom. The molecule has 1 N–H and O–H groups in total. The summed E-state index contributed by atoms with van der Waals surface area (Å²) in [4.78, 5) is 13.4. The first kappa shape index (κ1) is 16.5. The maximum absolute atomic E-state index is 8.60. The molecule has 11 heteroatoms. The molecule has 1 aliphatic rings. The smallest absolute Gasteiger partial charge is 0.200 e. The standard InChI is InChI=1S/C9H15N5O.ClHO4/c1-12-5-10-8-7(9(12)11-15-4)13(2)6-14(8)3;2-1(3,4)5/h5H,6H2,1-4H3;(H,2,3,4,5)/b11-9-;. The van der Waals surface area contributed by atoms with Gasteiger partial charge in [-0.2, -0.15) is 14.0 Å². The maximum Gasteiger partial charge on any atom is 0.200 e. The SMILES string of the molecule is CO/N=c1/c2c(ncn1C)N(C)CN2C.[O-][Cl+3]([O-])([O-])O. The summed E-state index contributed by atoms with van der Waals surface area (Å²) in [5.74, 6) is 0.936. The zero-order chi connectivity index (χ0) is 15.5. The number of aryl methyl sites for hydroxylation is 1. The second-order valence-electron chi connectivity index (χ2n) is 4.06. The van der Waals surface area contributed by atoms with E-state index in [2.05, 4.69) is 19.9 Å². The van der Waals surface area contributed by atoms with Crippen molar-refractivity contribution >= 4 is 11.5 Å². The number of hydrogen-bond donors (Lipinski definition) is 1. The number of rotatable bonds is 1. The number of halogens is 1. The highest BCUT2D eigenvalue weighted by Gasteiger charge is 2.24. The van der Waals surface area contributed by atoms with Crippen molar-refractivity contribution in [1.82, 2.24) is 9.55 Å². The van der Waals surface area contributed by atoms with Crippen LogP contribution in [0.5, 0.6) is 0 Å².